The molecular formula is C16H18ClN3O4S3. The number of likely N-dealkylation sites (N-methyl/N-ethyl adjacent to an activating group) is 1. The van der Waals surface area contributed by atoms with E-state index in [1.807, 2.05) is 0 Å². The van der Waals surface area contributed by atoms with Gasteiger partial charge >= 0.3 is 0 Å². The smallest absolute Gasteiger partial charge is 0.285 e. The molecule has 0 saturated heterocycles. The molecule has 0 fully saturated rings. The minimum Gasteiger partial charge on any atom is -0.339 e. The van der Waals surface area contributed by atoms with Crippen molar-refractivity contribution in [2.75, 3.05) is 33.0 Å². The number of hydrogen-bond donors (Lipinski definition) is 1. The molecule has 0 aliphatic heterocycles. The van der Waals surface area contributed by atoms with E-state index in [1.165, 1.54) is 24.1 Å². The molecule has 1 aromatic heterocycles. The predicted molar refractivity (Wildman–Crippen MR) is 109 cm³/mol. The fourth-order valence-electron chi connectivity index (χ4n) is 1.88. The van der Waals surface area contributed by atoms with E-state index in [2.05, 4.69) is 5.32 Å². The number of benzene rings is 1. The lowest BCUT2D eigenvalue weighted by atomic mass is 10.3. The largest absolute Gasteiger partial charge is 0.339 e. The Morgan fingerprint density at radius 3 is 2.26 bits per heavy atom. The van der Waals surface area contributed by atoms with Crippen LogP contribution in [-0.2, 0) is 14.8 Å². The van der Waals surface area contributed by atoms with Crippen LogP contribution >= 0.6 is 34.7 Å². The topological polar surface area (TPSA) is 86.8 Å². The quantitative estimate of drug-likeness (QED) is 0.685. The van der Waals surface area contributed by atoms with Gasteiger partial charge in [0.1, 0.15) is 4.21 Å². The highest BCUT2D eigenvalue weighted by molar-refractivity contribution is 8.13. The molecule has 0 aliphatic carbocycles. The number of nitrogens with one attached hydrogen (secondary N) is 1. The SMILES string of the molecule is CN(C)C(=O)Sc1ccc(NC(=O)CN(C)S(=O)(=O)c2ccc(Cl)s2)cc1. The van der Waals surface area contributed by atoms with Crippen LogP contribution in [0.5, 0.6) is 0 Å². The Morgan fingerprint density at radius 2 is 1.74 bits per heavy atom. The molecule has 0 unspecified atom stereocenters. The number of hydrogen-bond acceptors (Lipinski definition) is 6. The molecule has 0 bridgehead atoms. The fraction of sp³-hybridized carbons (Fsp3) is 0.250. The number of carbonyl (C=O) groups excluding carboxylic acids is 2. The fourth-order valence-corrected chi connectivity index (χ4v) is 5.35. The molecule has 1 N–H and O–H groups in total. The van der Waals surface area contributed by atoms with Crippen LogP contribution in [0, 0.1) is 0 Å². The Kier molecular flexibility index (Phi) is 7.29. The number of rotatable bonds is 6. The third-order valence-electron chi connectivity index (χ3n) is 3.29. The highest BCUT2D eigenvalue weighted by atomic mass is 35.5. The first-order chi connectivity index (χ1) is 12.6. The normalized spacial score (nSPS) is 11.4. The van der Waals surface area contributed by atoms with Crippen molar-refractivity contribution in [2.24, 2.45) is 0 Å². The summed E-state index contributed by atoms with van der Waals surface area (Å²) in [6.45, 7) is -0.340. The van der Waals surface area contributed by atoms with Crippen molar-refractivity contribution in [1.29, 1.82) is 0 Å². The van der Waals surface area contributed by atoms with Crippen LogP contribution in [0.2, 0.25) is 4.34 Å². The van der Waals surface area contributed by atoms with Crippen molar-refractivity contribution in [1.82, 2.24) is 9.21 Å². The molecule has 146 valence electrons. The number of amides is 2. The third-order valence-corrected chi connectivity index (χ3v) is 7.84. The number of thioether (sulfide) groups is 1. The average Bonchev–Trinajstić information content (AvgIpc) is 3.03. The molecule has 7 nitrogen and oxygen atoms in total. The van der Waals surface area contributed by atoms with Crippen molar-refractivity contribution in [3.05, 3.63) is 40.7 Å². The van der Waals surface area contributed by atoms with Crippen LogP contribution < -0.4 is 5.32 Å². The van der Waals surface area contributed by atoms with Crippen molar-refractivity contribution in [3.8, 4) is 0 Å². The molecule has 0 atom stereocenters. The Bertz CT molecular complexity index is 927. The summed E-state index contributed by atoms with van der Waals surface area (Å²) >= 11 is 7.78. The number of sulfonamides is 1. The van der Waals surface area contributed by atoms with Crippen LogP contribution in [-0.4, -0.2) is 56.5 Å². The van der Waals surface area contributed by atoms with E-state index in [0.29, 0.717) is 10.0 Å². The standard InChI is InChI=1S/C16H18ClN3O4S3/c1-19(2)16(22)25-12-6-4-11(5-7-12)18-14(21)10-20(3)27(23,24)15-9-8-13(17)26-15/h4-9H,10H2,1-3H3,(H,18,21). The molecule has 1 aromatic carbocycles. The lowest BCUT2D eigenvalue weighted by molar-refractivity contribution is -0.116. The molecule has 2 aromatic rings. The zero-order valence-corrected chi connectivity index (χ0v) is 18.0. The Balaban J connectivity index is 1.96. The van der Waals surface area contributed by atoms with E-state index in [0.717, 1.165) is 32.3 Å². The summed E-state index contributed by atoms with van der Waals surface area (Å²) < 4.78 is 26.2. The van der Waals surface area contributed by atoms with E-state index in [4.69, 9.17) is 11.6 Å². The van der Waals surface area contributed by atoms with Crippen molar-refractivity contribution >= 4 is 61.6 Å². The van der Waals surface area contributed by atoms with Crippen LogP contribution in [0.3, 0.4) is 0 Å². The second kappa shape index (κ2) is 9.07. The van der Waals surface area contributed by atoms with Gasteiger partial charge in [0.05, 0.1) is 10.9 Å². The van der Waals surface area contributed by atoms with Gasteiger partial charge in [0.2, 0.25) is 5.91 Å². The van der Waals surface area contributed by atoms with Crippen molar-refractivity contribution in [2.45, 2.75) is 9.10 Å². The molecule has 27 heavy (non-hydrogen) atoms. The summed E-state index contributed by atoms with van der Waals surface area (Å²) in [4.78, 5) is 26.0. The Labute approximate surface area is 171 Å². The monoisotopic (exact) mass is 447 g/mol. The Morgan fingerprint density at radius 1 is 1.11 bits per heavy atom. The maximum Gasteiger partial charge on any atom is 0.285 e. The first kappa shape index (κ1) is 21.7. The molecule has 0 saturated carbocycles. The molecule has 0 aliphatic rings. The second-order valence-electron chi connectivity index (χ2n) is 5.65. The number of anilines is 1. The van der Waals surface area contributed by atoms with Gasteiger partial charge in [-0.15, -0.1) is 11.3 Å². The summed E-state index contributed by atoms with van der Waals surface area (Å²) in [7, 11) is 0.886. The van der Waals surface area contributed by atoms with Crippen molar-refractivity contribution in [3.63, 3.8) is 0 Å². The summed E-state index contributed by atoms with van der Waals surface area (Å²) in [5.41, 5.74) is 0.506. The highest BCUT2D eigenvalue weighted by Gasteiger charge is 2.24. The van der Waals surface area contributed by atoms with Gasteiger partial charge in [0.15, 0.2) is 0 Å². The molecule has 1 heterocycles. The molecule has 2 amide bonds. The van der Waals surface area contributed by atoms with Gasteiger partial charge in [-0.3, -0.25) is 9.59 Å². The third kappa shape index (κ3) is 5.94. The van der Waals surface area contributed by atoms with Gasteiger partial charge in [0, 0.05) is 31.7 Å². The maximum absolute atomic E-state index is 12.4. The van der Waals surface area contributed by atoms with E-state index < -0.39 is 15.9 Å². The predicted octanol–water partition coefficient (Wildman–Crippen LogP) is 3.43. The zero-order valence-electron chi connectivity index (χ0n) is 14.8. The molecular weight excluding hydrogens is 430 g/mol. The number of nitrogens with zero attached hydrogens (tertiary/aromatic N) is 2. The number of carbonyl (C=O) groups is 2. The minimum atomic E-state index is -3.77. The molecule has 11 heteroatoms. The van der Waals surface area contributed by atoms with E-state index >= 15 is 0 Å². The summed E-state index contributed by atoms with van der Waals surface area (Å²) in [6.07, 6.45) is 0. The highest BCUT2D eigenvalue weighted by Crippen LogP contribution is 2.27. The Hall–Kier alpha value is -1.59. The van der Waals surface area contributed by atoms with Gasteiger partial charge < -0.3 is 10.2 Å². The first-order valence-corrected chi connectivity index (χ1v) is 11.1. The van der Waals surface area contributed by atoms with Crippen LogP contribution in [0.4, 0.5) is 10.5 Å². The van der Waals surface area contributed by atoms with Crippen LogP contribution in [0.25, 0.3) is 0 Å². The second-order valence-corrected chi connectivity index (χ2v) is 10.7. The van der Waals surface area contributed by atoms with Gasteiger partial charge in [-0.25, -0.2) is 8.42 Å². The van der Waals surface area contributed by atoms with Crippen molar-refractivity contribution < 1.29 is 18.0 Å². The van der Waals surface area contributed by atoms with Gasteiger partial charge in [-0.2, -0.15) is 4.31 Å². The van der Waals surface area contributed by atoms with Crippen LogP contribution in [0.1, 0.15) is 0 Å². The molecule has 0 radical (unpaired) electrons. The summed E-state index contributed by atoms with van der Waals surface area (Å²) in [6, 6.07) is 9.61. The van der Waals surface area contributed by atoms with Gasteiger partial charge in [-0.05, 0) is 48.2 Å². The molecule has 2 rings (SSSR count). The number of thiophene rings is 1. The summed E-state index contributed by atoms with van der Waals surface area (Å²) in [5, 5.41) is 2.53. The van der Waals surface area contributed by atoms with Gasteiger partial charge in [-0.1, -0.05) is 11.6 Å². The summed E-state index contributed by atoms with van der Waals surface area (Å²) in [5.74, 6) is -0.478. The first-order valence-electron chi connectivity index (χ1n) is 7.60. The van der Waals surface area contributed by atoms with E-state index in [1.54, 1.807) is 38.4 Å². The van der Waals surface area contributed by atoms with Crippen LogP contribution in [0.15, 0.2) is 45.5 Å². The van der Waals surface area contributed by atoms with E-state index in [-0.39, 0.29) is 16.0 Å². The van der Waals surface area contributed by atoms with E-state index in [9.17, 15) is 18.0 Å². The lowest BCUT2D eigenvalue weighted by Gasteiger charge is -2.15. The van der Waals surface area contributed by atoms with Gasteiger partial charge in [0.25, 0.3) is 15.3 Å². The zero-order chi connectivity index (χ0) is 20.2. The average molecular weight is 448 g/mol. The minimum absolute atomic E-state index is 0.0785. The molecule has 0 spiro atoms. The maximum atomic E-state index is 12.4. The number of halogens is 1. The lowest BCUT2D eigenvalue weighted by Crippen LogP contribution is -2.34.